The summed E-state index contributed by atoms with van der Waals surface area (Å²) in [5, 5.41) is 21.3. The van der Waals surface area contributed by atoms with Crippen LogP contribution in [0.5, 0.6) is 0 Å². The summed E-state index contributed by atoms with van der Waals surface area (Å²) < 4.78 is 3.41. The molecular formula is C19H21N5O2. The molecule has 0 unspecified atom stereocenters. The van der Waals surface area contributed by atoms with Crippen LogP contribution in [0.2, 0.25) is 0 Å². The van der Waals surface area contributed by atoms with E-state index in [0.29, 0.717) is 18.4 Å². The Morgan fingerprint density at radius 2 is 2.08 bits per heavy atom. The van der Waals surface area contributed by atoms with Crippen molar-refractivity contribution in [1.29, 1.82) is 0 Å². The van der Waals surface area contributed by atoms with E-state index in [1.807, 2.05) is 43.7 Å². The molecule has 1 atom stereocenters. The molecule has 0 aliphatic heterocycles. The van der Waals surface area contributed by atoms with Gasteiger partial charge in [-0.3, -0.25) is 9.48 Å². The number of hydrogen-bond acceptors (Lipinski definition) is 4. The number of carbonyl (C=O) groups excluding carboxylic acids is 1. The van der Waals surface area contributed by atoms with E-state index in [2.05, 4.69) is 15.5 Å². The zero-order chi connectivity index (χ0) is 18.1. The summed E-state index contributed by atoms with van der Waals surface area (Å²) >= 11 is 0. The molecular weight excluding hydrogens is 330 g/mol. The predicted octanol–water partition coefficient (Wildman–Crippen LogP) is 1.85. The largest absolute Gasteiger partial charge is 0.393 e. The van der Waals surface area contributed by atoms with Crippen LogP contribution in [0.15, 0.2) is 55.1 Å². The highest BCUT2D eigenvalue weighted by molar-refractivity contribution is 5.98. The lowest BCUT2D eigenvalue weighted by molar-refractivity contribution is 0.0235. The van der Waals surface area contributed by atoms with E-state index in [1.54, 1.807) is 27.8 Å². The molecule has 1 saturated carbocycles. The highest BCUT2D eigenvalue weighted by Gasteiger charge is 2.36. The number of amides is 1. The SMILES string of the molecule is Cn1cc([C@@H](NC(=O)c2ccccc2-n2cccn2)C2CC(O)C2)cn1. The molecule has 2 N–H and O–H groups in total. The number of nitrogens with one attached hydrogen (secondary N) is 1. The molecule has 0 spiro atoms. The molecule has 134 valence electrons. The lowest BCUT2D eigenvalue weighted by atomic mass is 9.75. The van der Waals surface area contributed by atoms with Crippen molar-refractivity contribution in [3.8, 4) is 5.69 Å². The van der Waals surface area contributed by atoms with Crippen molar-refractivity contribution >= 4 is 5.91 Å². The fourth-order valence-corrected chi connectivity index (χ4v) is 3.47. The van der Waals surface area contributed by atoms with Gasteiger partial charge in [0, 0.05) is 31.2 Å². The van der Waals surface area contributed by atoms with Gasteiger partial charge in [0.1, 0.15) is 0 Å². The summed E-state index contributed by atoms with van der Waals surface area (Å²) in [6.07, 6.45) is 8.26. The van der Waals surface area contributed by atoms with Gasteiger partial charge < -0.3 is 10.4 Å². The summed E-state index contributed by atoms with van der Waals surface area (Å²) in [4.78, 5) is 13.0. The lowest BCUT2D eigenvalue weighted by Crippen LogP contribution is -2.41. The minimum absolute atomic E-state index is 0.161. The van der Waals surface area contributed by atoms with E-state index in [4.69, 9.17) is 0 Å². The number of para-hydroxylation sites is 1. The van der Waals surface area contributed by atoms with Crippen molar-refractivity contribution < 1.29 is 9.90 Å². The molecule has 0 saturated heterocycles. The molecule has 1 aliphatic carbocycles. The molecule has 1 aromatic carbocycles. The van der Waals surface area contributed by atoms with Crippen molar-refractivity contribution in [2.75, 3.05) is 0 Å². The van der Waals surface area contributed by atoms with Gasteiger partial charge in [0.25, 0.3) is 5.91 Å². The first-order valence-electron chi connectivity index (χ1n) is 8.68. The van der Waals surface area contributed by atoms with Gasteiger partial charge in [0.05, 0.1) is 29.6 Å². The first-order valence-corrected chi connectivity index (χ1v) is 8.68. The Kier molecular flexibility index (Phi) is 4.30. The summed E-state index contributed by atoms with van der Waals surface area (Å²) in [7, 11) is 1.85. The maximum Gasteiger partial charge on any atom is 0.253 e. The van der Waals surface area contributed by atoms with Crippen molar-refractivity contribution in [2.24, 2.45) is 13.0 Å². The van der Waals surface area contributed by atoms with Gasteiger partial charge in [0.15, 0.2) is 0 Å². The zero-order valence-electron chi connectivity index (χ0n) is 14.5. The second kappa shape index (κ2) is 6.76. The second-order valence-corrected chi connectivity index (χ2v) is 6.75. The van der Waals surface area contributed by atoms with E-state index in [0.717, 1.165) is 11.3 Å². The molecule has 1 amide bonds. The predicted molar refractivity (Wildman–Crippen MR) is 95.7 cm³/mol. The Morgan fingerprint density at radius 3 is 2.73 bits per heavy atom. The highest BCUT2D eigenvalue weighted by Crippen LogP contribution is 2.38. The highest BCUT2D eigenvalue weighted by atomic mass is 16.3. The fourth-order valence-electron chi connectivity index (χ4n) is 3.47. The number of benzene rings is 1. The number of rotatable bonds is 5. The Bertz CT molecular complexity index is 896. The summed E-state index contributed by atoms with van der Waals surface area (Å²) in [6, 6.07) is 9.03. The molecule has 0 radical (unpaired) electrons. The monoisotopic (exact) mass is 351 g/mol. The zero-order valence-corrected chi connectivity index (χ0v) is 14.5. The summed E-state index contributed by atoms with van der Waals surface area (Å²) in [5.74, 6) is 0.0429. The maximum absolute atomic E-state index is 13.0. The van der Waals surface area contributed by atoms with Gasteiger partial charge in [-0.15, -0.1) is 0 Å². The minimum atomic E-state index is -0.285. The van der Waals surface area contributed by atoms with Gasteiger partial charge in [-0.1, -0.05) is 12.1 Å². The van der Waals surface area contributed by atoms with Crippen LogP contribution in [0.4, 0.5) is 0 Å². The molecule has 1 fully saturated rings. The van der Waals surface area contributed by atoms with E-state index in [9.17, 15) is 9.90 Å². The van der Waals surface area contributed by atoms with Crippen LogP contribution < -0.4 is 5.32 Å². The summed E-state index contributed by atoms with van der Waals surface area (Å²) in [5.41, 5.74) is 2.24. The quantitative estimate of drug-likeness (QED) is 0.735. The third-order valence-corrected chi connectivity index (χ3v) is 4.89. The number of nitrogens with zero attached hydrogens (tertiary/aromatic N) is 4. The Hall–Kier alpha value is -2.93. The van der Waals surface area contributed by atoms with E-state index < -0.39 is 0 Å². The second-order valence-electron chi connectivity index (χ2n) is 6.75. The first-order chi connectivity index (χ1) is 12.6. The molecule has 26 heavy (non-hydrogen) atoms. The average Bonchev–Trinajstić information content (AvgIpc) is 3.29. The van der Waals surface area contributed by atoms with E-state index >= 15 is 0 Å². The molecule has 0 bridgehead atoms. The lowest BCUT2D eigenvalue weighted by Gasteiger charge is -2.37. The van der Waals surface area contributed by atoms with Crippen LogP contribution in [0.25, 0.3) is 5.69 Å². The van der Waals surface area contributed by atoms with Crippen molar-refractivity contribution in [1.82, 2.24) is 24.9 Å². The van der Waals surface area contributed by atoms with Gasteiger partial charge in [0.2, 0.25) is 0 Å². The standard InChI is InChI=1S/C19H21N5O2/c1-23-12-14(11-21-23)18(13-9-15(25)10-13)22-19(26)16-5-2-3-6-17(16)24-8-4-7-20-24/h2-8,11-13,15,18,25H,9-10H2,1H3,(H,22,26)/t13?,15?,18-/m0/s1. The van der Waals surface area contributed by atoms with Crippen molar-refractivity contribution in [3.05, 3.63) is 66.2 Å². The van der Waals surface area contributed by atoms with Crippen LogP contribution in [0.3, 0.4) is 0 Å². The van der Waals surface area contributed by atoms with Gasteiger partial charge in [-0.25, -0.2) is 4.68 Å². The molecule has 2 aromatic heterocycles. The van der Waals surface area contributed by atoms with Gasteiger partial charge in [-0.05, 0) is 37.0 Å². The molecule has 2 heterocycles. The van der Waals surface area contributed by atoms with Gasteiger partial charge in [-0.2, -0.15) is 10.2 Å². The average molecular weight is 351 g/mol. The van der Waals surface area contributed by atoms with Crippen LogP contribution >= 0.6 is 0 Å². The minimum Gasteiger partial charge on any atom is -0.393 e. The number of hydrogen-bond donors (Lipinski definition) is 2. The molecule has 7 heteroatoms. The van der Waals surface area contributed by atoms with E-state index in [1.165, 1.54) is 0 Å². The third kappa shape index (κ3) is 3.13. The molecule has 3 aromatic rings. The van der Waals surface area contributed by atoms with E-state index in [-0.39, 0.29) is 24.0 Å². The van der Waals surface area contributed by atoms with Crippen LogP contribution in [-0.2, 0) is 7.05 Å². The molecule has 7 nitrogen and oxygen atoms in total. The Balaban J connectivity index is 1.61. The normalized spacial score (nSPS) is 20.4. The van der Waals surface area contributed by atoms with Crippen molar-refractivity contribution in [2.45, 2.75) is 25.0 Å². The fraction of sp³-hybridized carbons (Fsp3) is 0.316. The van der Waals surface area contributed by atoms with Gasteiger partial charge >= 0.3 is 0 Å². The number of aliphatic hydroxyl groups is 1. The van der Waals surface area contributed by atoms with Crippen LogP contribution in [0, 0.1) is 5.92 Å². The third-order valence-electron chi connectivity index (χ3n) is 4.89. The number of aromatic nitrogens is 4. The van der Waals surface area contributed by atoms with Crippen molar-refractivity contribution in [3.63, 3.8) is 0 Å². The summed E-state index contributed by atoms with van der Waals surface area (Å²) in [6.45, 7) is 0. The van der Waals surface area contributed by atoms with Crippen LogP contribution in [0.1, 0.15) is 34.8 Å². The Morgan fingerprint density at radius 1 is 1.27 bits per heavy atom. The number of carbonyl (C=O) groups is 1. The number of aliphatic hydroxyl groups excluding tert-OH is 1. The number of aryl methyl sites for hydroxylation is 1. The van der Waals surface area contributed by atoms with Crippen LogP contribution in [-0.4, -0.2) is 36.7 Å². The Labute approximate surface area is 151 Å². The topological polar surface area (TPSA) is 85.0 Å². The first kappa shape index (κ1) is 16.5. The molecule has 1 aliphatic rings. The maximum atomic E-state index is 13.0. The smallest absolute Gasteiger partial charge is 0.253 e. The molecule has 4 rings (SSSR count).